The average Bonchev–Trinajstić information content (AvgIpc) is 3.61. The summed E-state index contributed by atoms with van der Waals surface area (Å²) in [5, 5.41) is 9.88. The number of carbonyl (C=O) groups is 1. The number of pyridine rings is 1. The van der Waals surface area contributed by atoms with E-state index in [9.17, 15) is 14.7 Å². The minimum Gasteiger partial charge on any atom is -0.477 e. The molecule has 1 aromatic carbocycles. The Balaban J connectivity index is 1.64. The van der Waals surface area contributed by atoms with Crippen molar-refractivity contribution >= 4 is 34.3 Å². The molecule has 2 saturated carbocycles. The largest absolute Gasteiger partial charge is 0.477 e. The number of carboxylic acids is 1. The molecule has 3 aliphatic rings. The zero-order valence-corrected chi connectivity index (χ0v) is 16.9. The van der Waals surface area contributed by atoms with Crippen LogP contribution < -0.4 is 15.3 Å². The summed E-state index contributed by atoms with van der Waals surface area (Å²) in [6, 6.07) is 2.67. The number of anilines is 1. The third kappa shape index (κ3) is 2.86. The van der Waals surface area contributed by atoms with E-state index in [1.165, 1.54) is 12.1 Å². The van der Waals surface area contributed by atoms with E-state index < -0.39 is 11.5 Å². The zero-order chi connectivity index (χ0) is 20.5. The molecule has 1 unspecified atom stereocenters. The molecule has 2 heterocycles. The van der Waals surface area contributed by atoms with Crippen LogP contribution in [-0.2, 0) is 0 Å². The summed E-state index contributed by atoms with van der Waals surface area (Å²) in [7, 11) is 0. The first-order chi connectivity index (χ1) is 13.9. The molecule has 1 saturated heterocycles. The number of halogens is 2. The lowest BCUT2D eigenvalue weighted by Crippen LogP contribution is -2.35. The highest BCUT2D eigenvalue weighted by atomic mass is 35.5. The monoisotopic (exact) mass is 419 g/mol. The average molecular weight is 420 g/mol. The van der Waals surface area contributed by atoms with Crippen LogP contribution in [0, 0.1) is 18.7 Å². The molecule has 2 aliphatic carbocycles. The molecule has 2 N–H and O–H groups in total. The van der Waals surface area contributed by atoms with Crippen molar-refractivity contribution in [1.29, 1.82) is 0 Å². The first-order valence-electron chi connectivity index (χ1n) is 10.1. The van der Waals surface area contributed by atoms with E-state index in [4.69, 9.17) is 11.8 Å². The highest BCUT2D eigenvalue weighted by molar-refractivity contribution is 6.14. The van der Waals surface area contributed by atoms with Crippen LogP contribution in [0.3, 0.4) is 0 Å². The van der Waals surface area contributed by atoms with E-state index in [1.54, 1.807) is 4.57 Å². The molecular formula is C21H23ClFN3O3. The van der Waals surface area contributed by atoms with E-state index in [-0.39, 0.29) is 23.0 Å². The molecule has 0 radical (unpaired) electrons. The van der Waals surface area contributed by atoms with Gasteiger partial charge in [0.2, 0.25) is 0 Å². The van der Waals surface area contributed by atoms with Gasteiger partial charge in [-0.25, -0.2) is 14.0 Å². The second kappa shape index (κ2) is 6.44. The first-order valence-corrected chi connectivity index (χ1v) is 10.5. The van der Waals surface area contributed by atoms with Crippen molar-refractivity contribution in [2.75, 3.05) is 18.0 Å². The molecule has 0 amide bonds. The number of hydrogen-bond donors (Lipinski definition) is 2. The Hall–Kier alpha value is -2.12. The van der Waals surface area contributed by atoms with E-state index in [1.807, 2.05) is 6.92 Å². The predicted octanol–water partition coefficient (Wildman–Crippen LogP) is 3.58. The number of nitrogens with one attached hydrogen (secondary N) is 1. The van der Waals surface area contributed by atoms with Crippen LogP contribution in [0.2, 0.25) is 0 Å². The lowest BCUT2D eigenvalue weighted by molar-refractivity contribution is 0.0694. The van der Waals surface area contributed by atoms with Crippen LogP contribution in [0.25, 0.3) is 10.9 Å². The number of aryl methyl sites for hydroxylation is 1. The van der Waals surface area contributed by atoms with Crippen molar-refractivity contribution in [2.24, 2.45) is 5.92 Å². The molecule has 5 rings (SSSR count). The van der Waals surface area contributed by atoms with Gasteiger partial charge in [0, 0.05) is 30.1 Å². The smallest absolute Gasteiger partial charge is 0.341 e. The standard InChI is InChI=1S/C21H23ClFN3O3/c1-11-17-12(8-15(20(28)29)19(27)26(17)14-2-3-14)9-16(23)18(11)25-7-4-13(10-25)21(24-22)5-6-21/h8-9,13-14,24H,2-7,10H2,1H3,(H,28,29). The first kappa shape index (κ1) is 18.9. The quantitative estimate of drug-likeness (QED) is 0.724. The van der Waals surface area contributed by atoms with Crippen LogP contribution in [0.1, 0.15) is 54.1 Å². The summed E-state index contributed by atoms with van der Waals surface area (Å²) in [5.74, 6) is -1.30. The maximum absolute atomic E-state index is 15.2. The van der Waals surface area contributed by atoms with Gasteiger partial charge in [-0.05, 0) is 74.4 Å². The van der Waals surface area contributed by atoms with Gasteiger partial charge in [0.15, 0.2) is 0 Å². The molecule has 1 atom stereocenters. The van der Waals surface area contributed by atoms with Crippen LogP contribution in [-0.4, -0.2) is 34.3 Å². The van der Waals surface area contributed by atoms with Gasteiger partial charge in [0.1, 0.15) is 11.4 Å². The topological polar surface area (TPSA) is 74.6 Å². The highest BCUT2D eigenvalue weighted by Crippen LogP contribution is 2.48. The van der Waals surface area contributed by atoms with Gasteiger partial charge in [0.05, 0.1) is 11.2 Å². The summed E-state index contributed by atoms with van der Waals surface area (Å²) in [6.45, 7) is 3.28. The van der Waals surface area contributed by atoms with Gasteiger partial charge >= 0.3 is 5.97 Å². The minimum absolute atomic E-state index is 0.0113. The van der Waals surface area contributed by atoms with Crippen LogP contribution >= 0.6 is 11.8 Å². The molecular weight excluding hydrogens is 397 g/mol. The Morgan fingerprint density at radius 3 is 2.62 bits per heavy atom. The SMILES string of the molecule is Cc1c(N2CCC(C3(NCl)CC3)C2)c(F)cc2cc(C(=O)O)c(=O)n(C3CC3)c12. The number of hydrogen-bond acceptors (Lipinski definition) is 4. The summed E-state index contributed by atoms with van der Waals surface area (Å²) < 4.78 is 16.8. The van der Waals surface area contributed by atoms with Crippen LogP contribution in [0.15, 0.2) is 16.9 Å². The molecule has 2 aromatic rings. The normalized spacial score (nSPS) is 23.0. The Kier molecular flexibility index (Phi) is 4.19. The van der Waals surface area contributed by atoms with E-state index in [2.05, 4.69) is 9.74 Å². The molecule has 0 bridgehead atoms. The molecule has 8 heteroatoms. The van der Waals surface area contributed by atoms with E-state index in [0.717, 1.165) is 38.6 Å². The van der Waals surface area contributed by atoms with Crippen molar-refractivity contribution in [1.82, 2.24) is 9.40 Å². The maximum Gasteiger partial charge on any atom is 0.341 e. The molecule has 29 heavy (non-hydrogen) atoms. The van der Waals surface area contributed by atoms with Gasteiger partial charge in [0.25, 0.3) is 5.56 Å². The Morgan fingerprint density at radius 1 is 1.31 bits per heavy atom. The van der Waals surface area contributed by atoms with Gasteiger partial charge in [-0.3, -0.25) is 4.79 Å². The number of carboxylic acid groups (broad SMARTS) is 1. The van der Waals surface area contributed by atoms with Crippen molar-refractivity contribution in [3.05, 3.63) is 39.4 Å². The molecule has 1 aromatic heterocycles. The number of rotatable bonds is 5. The van der Waals surface area contributed by atoms with Crippen LogP contribution in [0.5, 0.6) is 0 Å². The summed E-state index contributed by atoms with van der Waals surface area (Å²) >= 11 is 5.96. The van der Waals surface area contributed by atoms with Gasteiger partial charge in [-0.2, -0.15) is 0 Å². The minimum atomic E-state index is -1.28. The van der Waals surface area contributed by atoms with E-state index >= 15 is 4.39 Å². The van der Waals surface area contributed by atoms with Crippen LogP contribution in [0.4, 0.5) is 10.1 Å². The number of benzene rings is 1. The molecule has 6 nitrogen and oxygen atoms in total. The van der Waals surface area contributed by atoms with E-state index in [0.29, 0.717) is 34.6 Å². The van der Waals surface area contributed by atoms with Gasteiger partial charge in [-0.15, -0.1) is 0 Å². The third-order valence-corrected chi connectivity index (χ3v) is 7.26. The second-order valence-electron chi connectivity index (χ2n) is 8.72. The number of fused-ring (bicyclic) bond motifs is 1. The molecule has 3 fully saturated rings. The Morgan fingerprint density at radius 2 is 2.03 bits per heavy atom. The van der Waals surface area contributed by atoms with Crippen molar-refractivity contribution in [3.8, 4) is 0 Å². The number of aromatic nitrogens is 1. The molecule has 1 aliphatic heterocycles. The molecule has 154 valence electrons. The third-order valence-electron chi connectivity index (χ3n) is 6.89. The predicted molar refractivity (Wildman–Crippen MR) is 109 cm³/mol. The summed E-state index contributed by atoms with van der Waals surface area (Å²) in [4.78, 5) is 29.4. The van der Waals surface area contributed by atoms with Gasteiger partial charge < -0.3 is 14.6 Å². The highest BCUT2D eigenvalue weighted by Gasteiger charge is 2.51. The zero-order valence-electron chi connectivity index (χ0n) is 16.2. The fourth-order valence-corrected chi connectivity index (χ4v) is 5.35. The second-order valence-corrected chi connectivity index (χ2v) is 8.91. The lowest BCUT2D eigenvalue weighted by Gasteiger charge is -2.26. The lowest BCUT2D eigenvalue weighted by atomic mass is 9.97. The van der Waals surface area contributed by atoms with Crippen molar-refractivity contribution in [2.45, 2.75) is 50.6 Å². The number of nitrogens with zero attached hydrogens (tertiary/aromatic N) is 2. The van der Waals surface area contributed by atoms with Crippen molar-refractivity contribution < 1.29 is 14.3 Å². The number of aromatic carboxylic acids is 1. The van der Waals surface area contributed by atoms with Crippen molar-refractivity contribution in [3.63, 3.8) is 0 Å². The summed E-state index contributed by atoms with van der Waals surface area (Å²) in [6.07, 6.45) is 4.67. The fraction of sp³-hybridized carbons (Fsp3) is 0.524. The Labute approximate surface area is 172 Å². The molecule has 0 spiro atoms. The summed E-state index contributed by atoms with van der Waals surface area (Å²) in [5.41, 5.74) is 1.02. The fourth-order valence-electron chi connectivity index (χ4n) is 5.01. The Bertz CT molecular complexity index is 1090. The van der Waals surface area contributed by atoms with Gasteiger partial charge in [-0.1, -0.05) is 0 Å². The maximum atomic E-state index is 15.2.